The molecule has 1 amide bonds. The van der Waals surface area contributed by atoms with Gasteiger partial charge in [-0.3, -0.25) is 4.79 Å². The van der Waals surface area contributed by atoms with E-state index in [9.17, 15) is 4.79 Å². The topological polar surface area (TPSA) is 52.9 Å². The molecule has 1 aliphatic carbocycles. The van der Waals surface area contributed by atoms with Crippen LogP contribution in [0.2, 0.25) is 0 Å². The summed E-state index contributed by atoms with van der Waals surface area (Å²) in [7, 11) is 0. The second kappa shape index (κ2) is 4.27. The third-order valence-electron chi connectivity index (χ3n) is 1.56. The first-order valence-electron chi connectivity index (χ1n) is 3.97. The number of allylic oxidation sites excluding steroid dienone is 5. The molecule has 13 heavy (non-hydrogen) atoms. The molecule has 1 rings (SSSR count). The average molecular weight is 174 g/mol. The summed E-state index contributed by atoms with van der Waals surface area (Å²) >= 11 is 0. The van der Waals surface area contributed by atoms with Gasteiger partial charge < -0.3 is 5.32 Å². The van der Waals surface area contributed by atoms with Gasteiger partial charge >= 0.3 is 0 Å². The van der Waals surface area contributed by atoms with E-state index in [-0.39, 0.29) is 5.91 Å². The highest BCUT2D eigenvalue weighted by Gasteiger charge is 1.99. The molecule has 0 spiro atoms. The van der Waals surface area contributed by atoms with E-state index >= 15 is 0 Å². The molecule has 1 N–H and O–H groups in total. The zero-order chi connectivity index (χ0) is 9.68. The lowest BCUT2D eigenvalue weighted by atomic mass is 10.2. The number of nitrogens with zero attached hydrogens (tertiary/aromatic N) is 1. The Balaban J connectivity index is 2.76. The quantitative estimate of drug-likeness (QED) is 0.653. The van der Waals surface area contributed by atoms with Crippen LogP contribution in [0.25, 0.3) is 0 Å². The first kappa shape index (κ1) is 9.27. The molecule has 0 aliphatic heterocycles. The van der Waals surface area contributed by atoms with Crippen molar-refractivity contribution < 1.29 is 4.79 Å². The van der Waals surface area contributed by atoms with Crippen molar-refractivity contribution >= 4 is 5.91 Å². The van der Waals surface area contributed by atoms with Crippen LogP contribution in [0, 0.1) is 11.3 Å². The Hall–Kier alpha value is -1.82. The molecule has 0 unspecified atom stereocenters. The van der Waals surface area contributed by atoms with E-state index in [1.165, 1.54) is 6.92 Å². The van der Waals surface area contributed by atoms with Crippen LogP contribution in [-0.2, 0) is 4.79 Å². The predicted molar refractivity (Wildman–Crippen MR) is 49.4 cm³/mol. The number of rotatable bonds is 1. The number of carbonyl (C=O) groups is 1. The second-order valence-corrected chi connectivity index (χ2v) is 2.71. The molecule has 66 valence electrons. The molecule has 0 saturated heterocycles. The minimum Gasteiger partial charge on any atom is -0.330 e. The van der Waals surface area contributed by atoms with Crippen LogP contribution in [0.4, 0.5) is 0 Å². The fourth-order valence-corrected chi connectivity index (χ4v) is 1.02. The molecular weight excluding hydrogens is 164 g/mol. The highest BCUT2D eigenvalue weighted by atomic mass is 16.1. The van der Waals surface area contributed by atoms with Gasteiger partial charge in [0.2, 0.25) is 5.91 Å². The lowest BCUT2D eigenvalue weighted by Gasteiger charge is -2.02. The van der Waals surface area contributed by atoms with Crippen LogP contribution in [0.5, 0.6) is 0 Å². The van der Waals surface area contributed by atoms with Gasteiger partial charge in [0.05, 0.1) is 11.6 Å². The van der Waals surface area contributed by atoms with Gasteiger partial charge in [0.1, 0.15) is 0 Å². The van der Waals surface area contributed by atoms with Crippen molar-refractivity contribution in [2.45, 2.75) is 13.3 Å². The van der Waals surface area contributed by atoms with Crippen molar-refractivity contribution in [1.29, 1.82) is 5.26 Å². The van der Waals surface area contributed by atoms with Crippen LogP contribution < -0.4 is 5.32 Å². The molecule has 0 atom stereocenters. The van der Waals surface area contributed by atoms with E-state index in [2.05, 4.69) is 5.32 Å². The molecule has 0 aromatic carbocycles. The Morgan fingerprint density at radius 1 is 1.62 bits per heavy atom. The zero-order valence-electron chi connectivity index (χ0n) is 7.37. The van der Waals surface area contributed by atoms with Crippen LogP contribution >= 0.6 is 0 Å². The summed E-state index contributed by atoms with van der Waals surface area (Å²) in [6.45, 7) is 1.46. The maximum atomic E-state index is 10.7. The first-order valence-corrected chi connectivity index (χ1v) is 3.97. The van der Waals surface area contributed by atoms with E-state index in [0.29, 0.717) is 12.0 Å². The molecule has 0 radical (unpaired) electrons. The Morgan fingerprint density at radius 2 is 2.38 bits per heavy atom. The fraction of sp³-hybridized carbons (Fsp3) is 0.200. The SMILES string of the molecule is CC(=O)NC1=CC=C(C#N)C=CC1. The zero-order valence-corrected chi connectivity index (χ0v) is 7.37. The Labute approximate surface area is 77.1 Å². The van der Waals surface area contributed by atoms with Crippen molar-refractivity contribution in [3.05, 3.63) is 35.6 Å². The number of nitriles is 1. The molecule has 0 aromatic heterocycles. The average Bonchev–Trinajstić information content (AvgIpc) is 2.29. The molecule has 0 aromatic rings. The minimum atomic E-state index is -0.0894. The molecule has 0 saturated carbocycles. The van der Waals surface area contributed by atoms with Gasteiger partial charge in [-0.1, -0.05) is 6.08 Å². The van der Waals surface area contributed by atoms with E-state index in [1.54, 1.807) is 18.2 Å². The van der Waals surface area contributed by atoms with Gasteiger partial charge in [0.25, 0.3) is 0 Å². The van der Waals surface area contributed by atoms with Crippen molar-refractivity contribution in [2.24, 2.45) is 0 Å². The summed E-state index contributed by atoms with van der Waals surface area (Å²) < 4.78 is 0. The minimum absolute atomic E-state index is 0.0894. The summed E-state index contributed by atoms with van der Waals surface area (Å²) in [5.41, 5.74) is 1.41. The highest BCUT2D eigenvalue weighted by Crippen LogP contribution is 2.08. The number of hydrogen-bond donors (Lipinski definition) is 1. The number of carbonyl (C=O) groups excluding carboxylic acids is 1. The molecule has 3 nitrogen and oxygen atoms in total. The van der Waals surface area contributed by atoms with Crippen LogP contribution in [0.15, 0.2) is 35.6 Å². The molecular formula is C10H10N2O. The smallest absolute Gasteiger partial charge is 0.221 e. The van der Waals surface area contributed by atoms with Gasteiger partial charge in [0.15, 0.2) is 0 Å². The van der Waals surface area contributed by atoms with Crippen molar-refractivity contribution in [3.63, 3.8) is 0 Å². The summed E-state index contributed by atoms with van der Waals surface area (Å²) in [5, 5.41) is 11.3. The van der Waals surface area contributed by atoms with Gasteiger partial charge in [-0.25, -0.2) is 0 Å². The standard InChI is InChI=1S/C10H10N2O/c1-8(13)12-10-4-2-3-9(7-11)5-6-10/h2-3,5-6H,4H2,1H3,(H,12,13). The van der Waals surface area contributed by atoms with Gasteiger partial charge in [-0.05, 0) is 18.2 Å². The molecule has 0 heterocycles. The lowest BCUT2D eigenvalue weighted by molar-refractivity contribution is -0.118. The van der Waals surface area contributed by atoms with Crippen LogP contribution in [0.3, 0.4) is 0 Å². The van der Waals surface area contributed by atoms with E-state index in [1.807, 2.05) is 12.1 Å². The summed E-state index contributed by atoms with van der Waals surface area (Å²) in [6.07, 6.45) is 7.69. The molecule has 1 aliphatic rings. The van der Waals surface area contributed by atoms with Gasteiger partial charge in [-0.2, -0.15) is 5.26 Å². The third kappa shape index (κ3) is 2.96. The largest absolute Gasteiger partial charge is 0.330 e. The first-order chi connectivity index (χ1) is 6.22. The fourth-order valence-electron chi connectivity index (χ4n) is 1.02. The van der Waals surface area contributed by atoms with E-state index in [0.717, 1.165) is 5.70 Å². The Bertz CT molecular complexity index is 342. The summed E-state index contributed by atoms with van der Waals surface area (Å²) in [4.78, 5) is 10.7. The third-order valence-corrected chi connectivity index (χ3v) is 1.56. The van der Waals surface area contributed by atoms with Crippen molar-refractivity contribution in [3.8, 4) is 6.07 Å². The van der Waals surface area contributed by atoms with Crippen LogP contribution in [0.1, 0.15) is 13.3 Å². The van der Waals surface area contributed by atoms with E-state index in [4.69, 9.17) is 5.26 Å². The number of hydrogen-bond acceptors (Lipinski definition) is 2. The normalized spacial score (nSPS) is 15.1. The maximum absolute atomic E-state index is 10.7. The molecule has 0 bridgehead atoms. The Morgan fingerprint density at radius 3 is 3.00 bits per heavy atom. The summed E-state index contributed by atoms with van der Waals surface area (Å²) in [6, 6.07) is 2.03. The molecule has 3 heteroatoms. The van der Waals surface area contributed by atoms with E-state index < -0.39 is 0 Å². The predicted octanol–water partition coefficient (Wildman–Crippen LogP) is 1.42. The monoisotopic (exact) mass is 174 g/mol. The van der Waals surface area contributed by atoms with Crippen LogP contribution in [-0.4, -0.2) is 5.91 Å². The second-order valence-electron chi connectivity index (χ2n) is 2.71. The summed E-state index contributed by atoms with van der Waals surface area (Å²) in [5.74, 6) is -0.0894. The van der Waals surface area contributed by atoms with Gasteiger partial charge in [-0.15, -0.1) is 0 Å². The van der Waals surface area contributed by atoms with Crippen molar-refractivity contribution in [2.75, 3.05) is 0 Å². The number of amides is 1. The number of nitrogens with one attached hydrogen (secondary N) is 1. The highest BCUT2D eigenvalue weighted by molar-refractivity contribution is 5.75. The van der Waals surface area contributed by atoms with Gasteiger partial charge in [0, 0.05) is 19.0 Å². The Kier molecular flexibility index (Phi) is 3.04. The lowest BCUT2D eigenvalue weighted by Crippen LogP contribution is -2.18. The molecule has 0 fully saturated rings. The maximum Gasteiger partial charge on any atom is 0.221 e. The van der Waals surface area contributed by atoms with Crippen molar-refractivity contribution in [1.82, 2.24) is 5.32 Å².